The number of hydrogen-bond donors (Lipinski definition) is 3. The van der Waals surface area contributed by atoms with E-state index in [2.05, 4.69) is 10.2 Å². The predicted octanol–water partition coefficient (Wildman–Crippen LogP) is 4.36. The first-order valence-corrected chi connectivity index (χ1v) is 13.0. The standard InChI is InChI=1S/C30H33N3O5/c34-19-21-9-11-25(12-10-21)31-28(35)20-38-26-8-4-7-24(17-26)29(23-5-2-1-3-6-23)33(30(36)37)27-18-32-15-13-22(27)14-16-32/h1-12,17,22,27,29,34H,13-16,18-20H2,(H,31,35)(H,36,37)/t27?,29-/m0/s1. The van der Waals surface area contributed by atoms with Gasteiger partial charge in [0.15, 0.2) is 6.61 Å². The molecule has 0 radical (unpaired) electrons. The normalized spacial score (nSPS) is 20.9. The number of hydrogen-bond acceptors (Lipinski definition) is 5. The zero-order valence-electron chi connectivity index (χ0n) is 21.2. The number of carbonyl (C=O) groups excluding carboxylic acids is 1. The minimum atomic E-state index is -0.935. The van der Waals surface area contributed by atoms with E-state index in [1.54, 1.807) is 35.2 Å². The van der Waals surface area contributed by atoms with Crippen LogP contribution in [0.25, 0.3) is 0 Å². The Morgan fingerprint density at radius 2 is 1.68 bits per heavy atom. The molecule has 6 rings (SSSR count). The van der Waals surface area contributed by atoms with Crippen LogP contribution in [0.4, 0.5) is 10.5 Å². The van der Waals surface area contributed by atoms with Crippen LogP contribution in [0.5, 0.6) is 5.75 Å². The molecule has 3 heterocycles. The highest BCUT2D eigenvalue weighted by atomic mass is 16.5. The Kier molecular flexibility index (Phi) is 7.91. The van der Waals surface area contributed by atoms with Gasteiger partial charge in [-0.1, -0.05) is 54.6 Å². The number of nitrogens with one attached hydrogen (secondary N) is 1. The van der Waals surface area contributed by atoms with E-state index in [4.69, 9.17) is 4.74 Å². The summed E-state index contributed by atoms with van der Waals surface area (Å²) >= 11 is 0. The highest BCUT2D eigenvalue weighted by molar-refractivity contribution is 5.91. The van der Waals surface area contributed by atoms with Gasteiger partial charge < -0.3 is 25.2 Å². The molecule has 0 spiro atoms. The van der Waals surface area contributed by atoms with Crippen molar-refractivity contribution in [3.8, 4) is 5.75 Å². The molecule has 2 amide bonds. The molecular formula is C30H33N3O5. The van der Waals surface area contributed by atoms with Gasteiger partial charge in [0.05, 0.1) is 18.7 Å². The maximum Gasteiger partial charge on any atom is 0.408 e. The minimum Gasteiger partial charge on any atom is -0.484 e. The van der Waals surface area contributed by atoms with Gasteiger partial charge in [0.25, 0.3) is 5.91 Å². The third-order valence-electron chi connectivity index (χ3n) is 7.56. The number of amides is 2. The van der Waals surface area contributed by atoms with Gasteiger partial charge in [-0.25, -0.2) is 4.79 Å². The van der Waals surface area contributed by atoms with Crippen LogP contribution in [-0.4, -0.2) is 64.3 Å². The van der Waals surface area contributed by atoms with E-state index < -0.39 is 12.1 Å². The molecule has 198 valence electrons. The molecule has 3 aliphatic rings. The van der Waals surface area contributed by atoms with Gasteiger partial charge in [-0.05, 0) is 72.8 Å². The molecule has 3 saturated heterocycles. The largest absolute Gasteiger partial charge is 0.484 e. The Morgan fingerprint density at radius 3 is 2.32 bits per heavy atom. The molecule has 8 heteroatoms. The summed E-state index contributed by atoms with van der Waals surface area (Å²) in [4.78, 5) is 29.3. The van der Waals surface area contributed by atoms with Gasteiger partial charge in [-0.15, -0.1) is 0 Å². The molecule has 3 aliphatic heterocycles. The average Bonchev–Trinajstić information content (AvgIpc) is 2.96. The Morgan fingerprint density at radius 1 is 0.974 bits per heavy atom. The zero-order chi connectivity index (χ0) is 26.5. The number of anilines is 1. The van der Waals surface area contributed by atoms with Crippen LogP contribution in [0.15, 0.2) is 78.9 Å². The first-order valence-electron chi connectivity index (χ1n) is 13.0. The molecule has 3 fully saturated rings. The van der Waals surface area contributed by atoms with Crippen molar-refractivity contribution in [2.75, 3.05) is 31.6 Å². The number of carbonyl (C=O) groups is 2. The number of rotatable bonds is 9. The van der Waals surface area contributed by atoms with Gasteiger partial charge in [0.2, 0.25) is 0 Å². The number of carboxylic acid groups (broad SMARTS) is 1. The molecule has 0 aliphatic carbocycles. The van der Waals surface area contributed by atoms with Gasteiger partial charge in [-0.2, -0.15) is 0 Å². The van der Waals surface area contributed by atoms with Crippen molar-refractivity contribution >= 4 is 17.7 Å². The summed E-state index contributed by atoms with van der Waals surface area (Å²) in [5, 5.41) is 22.4. The van der Waals surface area contributed by atoms with Crippen LogP contribution in [0.3, 0.4) is 0 Å². The summed E-state index contributed by atoms with van der Waals surface area (Å²) in [5.41, 5.74) is 3.07. The second kappa shape index (κ2) is 11.7. The van der Waals surface area contributed by atoms with Crippen LogP contribution < -0.4 is 10.1 Å². The van der Waals surface area contributed by atoms with Crippen molar-refractivity contribution in [3.63, 3.8) is 0 Å². The maximum absolute atomic E-state index is 12.8. The van der Waals surface area contributed by atoms with E-state index in [9.17, 15) is 19.8 Å². The van der Waals surface area contributed by atoms with E-state index in [1.807, 2.05) is 48.5 Å². The summed E-state index contributed by atoms with van der Waals surface area (Å²) in [7, 11) is 0. The van der Waals surface area contributed by atoms with E-state index in [-0.39, 0.29) is 25.2 Å². The SMILES string of the molecule is O=C(COc1cccc([C@H](c2ccccc2)N(C(=O)O)C2CN3CCC2CC3)c1)Nc1ccc(CO)cc1. The molecule has 0 aromatic heterocycles. The van der Waals surface area contributed by atoms with E-state index in [0.29, 0.717) is 17.4 Å². The quantitative estimate of drug-likeness (QED) is 0.391. The average molecular weight is 516 g/mol. The van der Waals surface area contributed by atoms with Crippen molar-refractivity contribution in [1.82, 2.24) is 9.80 Å². The third kappa shape index (κ3) is 5.82. The van der Waals surface area contributed by atoms with Gasteiger partial charge in [0.1, 0.15) is 5.75 Å². The number of aliphatic hydroxyl groups excluding tert-OH is 1. The fourth-order valence-electron chi connectivity index (χ4n) is 5.66. The molecule has 38 heavy (non-hydrogen) atoms. The monoisotopic (exact) mass is 515 g/mol. The molecule has 8 nitrogen and oxygen atoms in total. The first-order chi connectivity index (χ1) is 18.5. The van der Waals surface area contributed by atoms with Crippen LogP contribution in [-0.2, 0) is 11.4 Å². The van der Waals surface area contributed by atoms with Crippen LogP contribution in [0.2, 0.25) is 0 Å². The second-order valence-corrected chi connectivity index (χ2v) is 9.97. The fraction of sp³-hybridized carbons (Fsp3) is 0.333. The van der Waals surface area contributed by atoms with Gasteiger partial charge in [0, 0.05) is 12.2 Å². The summed E-state index contributed by atoms with van der Waals surface area (Å²) in [5.74, 6) is 0.525. The third-order valence-corrected chi connectivity index (χ3v) is 7.56. The molecule has 3 N–H and O–H groups in total. The lowest BCUT2D eigenvalue weighted by Crippen LogP contribution is -2.59. The van der Waals surface area contributed by atoms with Crippen molar-refractivity contribution in [3.05, 3.63) is 95.6 Å². The molecule has 3 aromatic rings. The zero-order valence-corrected chi connectivity index (χ0v) is 21.2. The van der Waals surface area contributed by atoms with Crippen molar-refractivity contribution in [1.29, 1.82) is 0 Å². The smallest absolute Gasteiger partial charge is 0.408 e. The number of aliphatic hydroxyl groups is 1. The minimum absolute atomic E-state index is 0.0589. The molecule has 0 saturated carbocycles. The molecule has 1 unspecified atom stereocenters. The van der Waals surface area contributed by atoms with E-state index >= 15 is 0 Å². The Bertz CT molecular complexity index is 1240. The van der Waals surface area contributed by atoms with Gasteiger partial charge in [-0.3, -0.25) is 9.69 Å². The summed E-state index contributed by atoms with van der Waals surface area (Å²) in [6.07, 6.45) is 1.09. The lowest BCUT2D eigenvalue weighted by atomic mass is 9.81. The molecule has 3 aromatic carbocycles. The van der Waals surface area contributed by atoms with E-state index in [1.165, 1.54) is 0 Å². The number of benzene rings is 3. The van der Waals surface area contributed by atoms with Crippen molar-refractivity contribution < 1.29 is 24.5 Å². The number of ether oxygens (including phenoxy) is 1. The first kappa shape index (κ1) is 25.8. The summed E-state index contributed by atoms with van der Waals surface area (Å²) in [6.45, 7) is 2.55. The lowest BCUT2D eigenvalue weighted by molar-refractivity contribution is -0.118. The molecule has 2 atom stereocenters. The van der Waals surface area contributed by atoms with Crippen LogP contribution in [0, 0.1) is 5.92 Å². The highest BCUT2D eigenvalue weighted by Gasteiger charge is 2.43. The molecule has 2 bridgehead atoms. The van der Waals surface area contributed by atoms with Gasteiger partial charge >= 0.3 is 6.09 Å². The van der Waals surface area contributed by atoms with Crippen molar-refractivity contribution in [2.24, 2.45) is 5.92 Å². The van der Waals surface area contributed by atoms with Crippen LogP contribution in [0.1, 0.15) is 35.6 Å². The lowest BCUT2D eigenvalue weighted by Gasteiger charge is -2.50. The Labute approximate surface area is 222 Å². The van der Waals surface area contributed by atoms with Crippen LogP contribution >= 0.6 is 0 Å². The summed E-state index contributed by atoms with van der Waals surface area (Å²) in [6, 6.07) is 23.4. The maximum atomic E-state index is 12.8. The predicted molar refractivity (Wildman–Crippen MR) is 144 cm³/mol. The highest BCUT2D eigenvalue weighted by Crippen LogP contribution is 2.39. The Hall–Kier alpha value is -3.88. The number of fused-ring (bicyclic) bond motifs is 3. The second-order valence-electron chi connectivity index (χ2n) is 9.97. The topological polar surface area (TPSA) is 102 Å². The molecular weight excluding hydrogens is 482 g/mol. The Balaban J connectivity index is 1.36. The number of nitrogens with zero attached hydrogens (tertiary/aromatic N) is 2. The van der Waals surface area contributed by atoms with Crippen molar-refractivity contribution in [2.45, 2.75) is 31.5 Å². The fourth-order valence-corrected chi connectivity index (χ4v) is 5.66. The summed E-state index contributed by atoms with van der Waals surface area (Å²) < 4.78 is 5.82. The van der Waals surface area contributed by atoms with E-state index in [0.717, 1.165) is 49.2 Å². The number of piperidine rings is 3.